The van der Waals surface area contributed by atoms with Crippen molar-refractivity contribution in [3.05, 3.63) is 35.9 Å². The number of nitrogens with zero attached hydrogens (tertiary/aromatic N) is 1. The number of carbonyl (C=O) groups excluding carboxylic acids is 1. The average Bonchev–Trinajstić information content (AvgIpc) is 2.73. The lowest BCUT2D eigenvalue weighted by atomic mass is 10.0. The maximum Gasteiger partial charge on any atom is 0.220 e. The molecule has 1 aromatic carbocycles. The molecule has 0 aromatic heterocycles. The highest BCUT2D eigenvalue weighted by Crippen LogP contribution is 2.18. The van der Waals surface area contributed by atoms with Gasteiger partial charge in [-0.1, -0.05) is 75.8 Å². The van der Waals surface area contributed by atoms with Crippen LogP contribution in [-0.4, -0.2) is 54.8 Å². The van der Waals surface area contributed by atoms with E-state index in [1.165, 1.54) is 32.1 Å². The van der Waals surface area contributed by atoms with Crippen LogP contribution in [0, 0.1) is 0 Å². The van der Waals surface area contributed by atoms with Crippen LogP contribution in [0.5, 0.6) is 0 Å². The summed E-state index contributed by atoms with van der Waals surface area (Å²) in [5.41, 5.74) is 0.844. The molecule has 5 nitrogen and oxygen atoms in total. The Morgan fingerprint density at radius 2 is 1.69 bits per heavy atom. The Labute approximate surface area is 182 Å². The summed E-state index contributed by atoms with van der Waals surface area (Å²) < 4.78 is 5.42. The zero-order chi connectivity index (χ0) is 20.0. The fourth-order valence-corrected chi connectivity index (χ4v) is 3.69. The molecule has 0 spiro atoms. The second-order valence-electron chi connectivity index (χ2n) is 7.81. The van der Waals surface area contributed by atoms with Crippen LogP contribution in [0.3, 0.4) is 0 Å². The SMILES string of the molecule is CCCCCCCCCC(=O)NC(CN1CCOCC1)[C@H](O)c1ccccc1.Cl. The lowest BCUT2D eigenvalue weighted by Crippen LogP contribution is -2.49. The standard InChI is InChI=1S/C23H38N2O3.ClH/c1-2-3-4-5-6-7-11-14-22(26)24-21(19-25-15-17-28-18-16-25)23(27)20-12-9-8-10-13-20;/h8-10,12-13,21,23,27H,2-7,11,14-19H2,1H3,(H,24,26);1H/t21?,23-;/m1./s1. The van der Waals surface area contributed by atoms with E-state index in [-0.39, 0.29) is 24.4 Å². The van der Waals surface area contributed by atoms with E-state index in [1.54, 1.807) is 0 Å². The van der Waals surface area contributed by atoms with E-state index in [0.717, 1.165) is 31.5 Å². The molecule has 166 valence electrons. The Balaban J connectivity index is 0.00000420. The Morgan fingerprint density at radius 3 is 2.34 bits per heavy atom. The van der Waals surface area contributed by atoms with Crippen LogP contribution >= 0.6 is 12.4 Å². The van der Waals surface area contributed by atoms with Crippen LogP contribution in [0.25, 0.3) is 0 Å². The maximum atomic E-state index is 12.5. The smallest absolute Gasteiger partial charge is 0.220 e. The molecule has 0 saturated carbocycles. The molecule has 1 aliphatic rings. The molecule has 2 rings (SSSR count). The number of hydrogen-bond donors (Lipinski definition) is 2. The van der Waals surface area contributed by atoms with Gasteiger partial charge in [-0.15, -0.1) is 12.4 Å². The molecule has 6 heteroatoms. The van der Waals surface area contributed by atoms with Crippen molar-refractivity contribution in [1.29, 1.82) is 0 Å². The monoisotopic (exact) mass is 426 g/mol. The summed E-state index contributed by atoms with van der Waals surface area (Å²) in [5.74, 6) is 0.0433. The number of carbonyl (C=O) groups is 1. The second kappa shape index (κ2) is 15.7. The van der Waals surface area contributed by atoms with Crippen molar-refractivity contribution in [1.82, 2.24) is 10.2 Å². The summed E-state index contributed by atoms with van der Waals surface area (Å²) in [7, 11) is 0. The quantitative estimate of drug-likeness (QED) is 0.466. The van der Waals surface area contributed by atoms with Gasteiger partial charge in [-0.25, -0.2) is 0 Å². The first-order valence-electron chi connectivity index (χ1n) is 11.0. The minimum atomic E-state index is -0.706. The first kappa shape index (κ1) is 25.9. The van der Waals surface area contributed by atoms with E-state index >= 15 is 0 Å². The summed E-state index contributed by atoms with van der Waals surface area (Å²) in [6, 6.07) is 9.30. The normalized spacial score (nSPS) is 16.6. The first-order valence-corrected chi connectivity index (χ1v) is 11.0. The van der Waals surface area contributed by atoms with Crippen molar-refractivity contribution in [2.45, 2.75) is 70.4 Å². The minimum absolute atomic E-state index is 0. The number of rotatable bonds is 13. The largest absolute Gasteiger partial charge is 0.386 e. The zero-order valence-electron chi connectivity index (χ0n) is 17.9. The number of hydrogen-bond acceptors (Lipinski definition) is 4. The van der Waals surface area contributed by atoms with Crippen molar-refractivity contribution in [2.75, 3.05) is 32.8 Å². The average molecular weight is 427 g/mol. The molecule has 29 heavy (non-hydrogen) atoms. The van der Waals surface area contributed by atoms with Crippen molar-refractivity contribution in [2.24, 2.45) is 0 Å². The number of ether oxygens (including phenoxy) is 1. The Morgan fingerprint density at radius 1 is 1.07 bits per heavy atom. The molecule has 0 bridgehead atoms. The number of unbranched alkanes of at least 4 members (excludes halogenated alkanes) is 6. The van der Waals surface area contributed by atoms with Crippen LogP contribution in [-0.2, 0) is 9.53 Å². The molecule has 0 aliphatic carbocycles. The second-order valence-corrected chi connectivity index (χ2v) is 7.81. The van der Waals surface area contributed by atoms with Crippen LogP contribution in [0.4, 0.5) is 0 Å². The number of nitrogens with one attached hydrogen (secondary N) is 1. The summed E-state index contributed by atoms with van der Waals surface area (Å²) >= 11 is 0. The van der Waals surface area contributed by atoms with Gasteiger partial charge in [0.2, 0.25) is 5.91 Å². The van der Waals surface area contributed by atoms with E-state index in [1.807, 2.05) is 30.3 Å². The van der Waals surface area contributed by atoms with E-state index in [4.69, 9.17) is 4.74 Å². The lowest BCUT2D eigenvalue weighted by molar-refractivity contribution is -0.123. The maximum absolute atomic E-state index is 12.5. The third-order valence-corrected chi connectivity index (χ3v) is 5.43. The summed E-state index contributed by atoms with van der Waals surface area (Å²) in [6.45, 7) is 5.96. The third kappa shape index (κ3) is 10.4. The Kier molecular flexibility index (Phi) is 14.0. The third-order valence-electron chi connectivity index (χ3n) is 5.43. The van der Waals surface area contributed by atoms with E-state index in [9.17, 15) is 9.90 Å². The molecule has 2 N–H and O–H groups in total. The van der Waals surface area contributed by atoms with E-state index in [2.05, 4.69) is 17.1 Å². The van der Waals surface area contributed by atoms with Gasteiger partial charge in [0.1, 0.15) is 6.10 Å². The molecule has 2 atom stereocenters. The zero-order valence-corrected chi connectivity index (χ0v) is 18.7. The predicted octanol–water partition coefficient (Wildman–Crippen LogP) is 4.10. The van der Waals surface area contributed by atoms with E-state index < -0.39 is 6.10 Å². The summed E-state index contributed by atoms with van der Waals surface area (Å²) in [5, 5.41) is 14.0. The van der Waals surface area contributed by atoms with E-state index in [0.29, 0.717) is 26.2 Å². The molecule has 1 aliphatic heterocycles. The predicted molar refractivity (Wildman–Crippen MR) is 120 cm³/mol. The van der Waals surface area contributed by atoms with Gasteiger partial charge in [-0.05, 0) is 12.0 Å². The van der Waals surface area contributed by atoms with Gasteiger partial charge < -0.3 is 15.2 Å². The Bertz CT molecular complexity index is 538. The topological polar surface area (TPSA) is 61.8 Å². The number of benzene rings is 1. The van der Waals surface area contributed by atoms with Crippen LogP contribution < -0.4 is 5.32 Å². The highest BCUT2D eigenvalue weighted by molar-refractivity contribution is 5.85. The molecular weight excluding hydrogens is 388 g/mol. The molecular formula is C23H39ClN2O3. The molecule has 1 heterocycles. The van der Waals surface area contributed by atoms with Crippen molar-refractivity contribution in [3.63, 3.8) is 0 Å². The van der Waals surface area contributed by atoms with Crippen molar-refractivity contribution < 1.29 is 14.6 Å². The molecule has 0 radical (unpaired) electrons. The van der Waals surface area contributed by atoms with Gasteiger partial charge in [-0.2, -0.15) is 0 Å². The first-order chi connectivity index (χ1) is 13.7. The highest BCUT2D eigenvalue weighted by Gasteiger charge is 2.26. The van der Waals surface area contributed by atoms with Gasteiger partial charge in [-0.3, -0.25) is 9.69 Å². The Hall–Kier alpha value is -1.14. The molecule has 1 fully saturated rings. The summed E-state index contributed by atoms with van der Waals surface area (Å²) in [4.78, 5) is 14.8. The number of morpholine rings is 1. The van der Waals surface area contributed by atoms with Crippen LogP contribution in [0.15, 0.2) is 30.3 Å². The van der Waals surface area contributed by atoms with Gasteiger partial charge in [0.05, 0.1) is 19.3 Å². The number of amides is 1. The molecule has 1 aromatic rings. The van der Waals surface area contributed by atoms with Crippen LogP contribution in [0.1, 0.15) is 70.0 Å². The van der Waals surface area contributed by atoms with Gasteiger partial charge >= 0.3 is 0 Å². The number of halogens is 1. The van der Waals surface area contributed by atoms with Crippen molar-refractivity contribution >= 4 is 18.3 Å². The fraction of sp³-hybridized carbons (Fsp3) is 0.696. The number of aliphatic hydroxyl groups is 1. The highest BCUT2D eigenvalue weighted by atomic mass is 35.5. The fourth-order valence-electron chi connectivity index (χ4n) is 3.69. The van der Waals surface area contributed by atoms with Gasteiger partial charge in [0, 0.05) is 26.1 Å². The number of aliphatic hydroxyl groups excluding tert-OH is 1. The van der Waals surface area contributed by atoms with Crippen LogP contribution in [0.2, 0.25) is 0 Å². The van der Waals surface area contributed by atoms with Gasteiger partial charge in [0.25, 0.3) is 0 Å². The van der Waals surface area contributed by atoms with Crippen molar-refractivity contribution in [3.8, 4) is 0 Å². The molecule has 1 unspecified atom stereocenters. The minimum Gasteiger partial charge on any atom is -0.386 e. The molecule has 1 saturated heterocycles. The summed E-state index contributed by atoms with van der Waals surface area (Å²) in [6.07, 6.45) is 8.19. The van der Waals surface area contributed by atoms with Gasteiger partial charge in [0.15, 0.2) is 0 Å². The lowest BCUT2D eigenvalue weighted by Gasteiger charge is -2.33. The molecule has 1 amide bonds.